The number of aliphatic hydroxyl groups excluding tert-OH is 2. The number of methoxy groups -OCH3 is 1. The Morgan fingerprint density at radius 3 is 1.92 bits per heavy atom. The first-order chi connectivity index (χ1) is 24.6. The second-order valence-electron chi connectivity index (χ2n) is 15.4. The van der Waals surface area contributed by atoms with Crippen molar-refractivity contribution in [1.82, 2.24) is 9.80 Å². The van der Waals surface area contributed by atoms with E-state index in [1.165, 1.54) is 5.56 Å². The molecule has 2 saturated carbocycles. The van der Waals surface area contributed by atoms with Crippen molar-refractivity contribution in [2.24, 2.45) is 10.8 Å². The maximum atomic E-state index is 13.6. The number of hydrogen-bond donors (Lipinski definition) is 4. The number of nitrogens with zero attached hydrogens (tertiary/aromatic N) is 2. The summed E-state index contributed by atoms with van der Waals surface area (Å²) in [6.07, 6.45) is 0.817. The number of amides is 1. The summed E-state index contributed by atoms with van der Waals surface area (Å²) in [5, 5.41) is 32.5. The molecule has 1 saturated heterocycles. The van der Waals surface area contributed by atoms with Gasteiger partial charge in [0, 0.05) is 37.6 Å². The van der Waals surface area contributed by atoms with Gasteiger partial charge in [-0.1, -0.05) is 67.1 Å². The Morgan fingerprint density at radius 2 is 1.44 bits per heavy atom. The number of esters is 1. The Labute approximate surface area is 305 Å². The highest BCUT2D eigenvalue weighted by Crippen LogP contribution is 2.48. The molecule has 286 valence electrons. The van der Waals surface area contributed by atoms with Gasteiger partial charge in [-0.25, -0.2) is 14.4 Å². The molecule has 0 spiro atoms. The zero-order chi connectivity index (χ0) is 38.1. The second kappa shape index (κ2) is 17.7. The van der Waals surface area contributed by atoms with Crippen molar-refractivity contribution in [1.29, 1.82) is 0 Å². The average Bonchev–Trinajstić information content (AvgIpc) is 3.89. The molecule has 1 aliphatic heterocycles. The van der Waals surface area contributed by atoms with E-state index in [-0.39, 0.29) is 23.5 Å². The lowest BCUT2D eigenvalue weighted by atomic mass is 9.67. The number of aliphatic carboxylic acids is 2. The third-order valence-electron chi connectivity index (χ3n) is 10.2. The molecule has 0 aromatic heterocycles. The highest BCUT2D eigenvalue weighted by atomic mass is 16.6. The smallest absolute Gasteiger partial charge is 0.410 e. The van der Waals surface area contributed by atoms with Crippen LogP contribution in [0.25, 0.3) is 0 Å². The molecule has 0 radical (unpaired) electrons. The van der Waals surface area contributed by atoms with Crippen molar-refractivity contribution in [2.75, 3.05) is 39.9 Å². The number of piperidine rings is 1. The number of carbonyl (C=O) groups is 4. The van der Waals surface area contributed by atoms with Gasteiger partial charge in [0.1, 0.15) is 12.2 Å². The van der Waals surface area contributed by atoms with E-state index in [0.717, 1.165) is 63.7 Å². The van der Waals surface area contributed by atoms with Gasteiger partial charge in [-0.2, -0.15) is 0 Å². The zero-order valence-corrected chi connectivity index (χ0v) is 30.6. The standard InChI is InChI=1S/C35H48N2O5.C4H6O6/c1-33(2,3)42-32(39)37(30-22-29(30)28-14-9-6-10-15-28)24-34(26-40-4)18-20-36(21-19-34)25-35(16-11-17-35)31(38)41-23-27-12-7-5-8-13-27;5-1(3(7)8)2(6)4(9)10/h5-10,12-15,29-30H,11,16-26H2,1-4H3;1-2,5-6H,(H,7,8)(H,9,10)/t29?,30-;1-,2-/m11/s1. The fourth-order valence-electron chi connectivity index (χ4n) is 7.03. The van der Waals surface area contributed by atoms with Crippen LogP contribution in [0.4, 0.5) is 4.79 Å². The summed E-state index contributed by atoms with van der Waals surface area (Å²) in [7, 11) is 1.75. The molecule has 3 aliphatic rings. The number of benzene rings is 2. The molecule has 2 aromatic carbocycles. The molecule has 3 fully saturated rings. The summed E-state index contributed by atoms with van der Waals surface area (Å²) in [5.41, 5.74) is 1.16. The highest BCUT2D eigenvalue weighted by Gasteiger charge is 2.51. The summed E-state index contributed by atoms with van der Waals surface area (Å²) >= 11 is 0. The third-order valence-corrected chi connectivity index (χ3v) is 10.2. The number of carboxylic acids is 2. The average molecular weight is 727 g/mol. The first kappa shape index (κ1) is 40.7. The van der Waals surface area contributed by atoms with E-state index in [1.54, 1.807) is 7.11 Å². The molecule has 4 atom stereocenters. The fourth-order valence-corrected chi connectivity index (χ4v) is 7.03. The number of carbonyl (C=O) groups excluding carboxylic acids is 2. The molecule has 1 amide bonds. The van der Waals surface area contributed by atoms with Crippen molar-refractivity contribution < 1.29 is 53.8 Å². The Hall–Kier alpha value is -4.04. The van der Waals surface area contributed by atoms with Crippen LogP contribution in [0.3, 0.4) is 0 Å². The SMILES string of the molecule is COCC1(CN(C(=O)OC(C)(C)C)[C@@H]2CC2c2ccccc2)CCN(CC2(C(=O)OCc3ccccc3)CCC2)CC1.O=C(O)[C@H](O)[C@@H](O)C(=O)O. The Kier molecular flexibility index (Phi) is 13.8. The minimum atomic E-state index is -2.27. The summed E-state index contributed by atoms with van der Waals surface area (Å²) < 4.78 is 17.5. The number of rotatable bonds is 14. The Bertz CT molecular complexity index is 1470. The van der Waals surface area contributed by atoms with Crippen LogP contribution in [0, 0.1) is 10.8 Å². The van der Waals surface area contributed by atoms with Crippen molar-refractivity contribution >= 4 is 24.0 Å². The minimum Gasteiger partial charge on any atom is -0.479 e. The number of ether oxygens (including phenoxy) is 3. The lowest BCUT2D eigenvalue weighted by Crippen LogP contribution is -2.54. The van der Waals surface area contributed by atoms with Gasteiger partial charge in [-0.15, -0.1) is 0 Å². The first-order valence-electron chi connectivity index (χ1n) is 17.9. The number of carboxylic acid groups (broad SMARTS) is 2. The van der Waals surface area contributed by atoms with E-state index in [2.05, 4.69) is 29.2 Å². The molecule has 0 bridgehead atoms. The Balaban J connectivity index is 0.000000530. The van der Waals surface area contributed by atoms with Crippen molar-refractivity contribution in [3.05, 3.63) is 71.8 Å². The van der Waals surface area contributed by atoms with Crippen LogP contribution in [0.2, 0.25) is 0 Å². The van der Waals surface area contributed by atoms with Crippen molar-refractivity contribution in [3.8, 4) is 0 Å². The molecular weight excluding hydrogens is 672 g/mol. The van der Waals surface area contributed by atoms with Crippen LogP contribution >= 0.6 is 0 Å². The molecular formula is C39H54N2O11. The van der Waals surface area contributed by atoms with Gasteiger partial charge in [0.25, 0.3) is 0 Å². The summed E-state index contributed by atoms with van der Waals surface area (Å²) in [6.45, 7) is 9.77. The first-order valence-corrected chi connectivity index (χ1v) is 17.9. The number of likely N-dealkylation sites (tertiary alicyclic amines) is 1. The molecule has 4 N–H and O–H groups in total. The van der Waals surface area contributed by atoms with Crippen molar-refractivity contribution in [3.63, 3.8) is 0 Å². The second-order valence-corrected chi connectivity index (χ2v) is 15.4. The molecule has 52 heavy (non-hydrogen) atoms. The maximum absolute atomic E-state index is 13.6. The van der Waals surface area contributed by atoms with Crippen LogP contribution < -0.4 is 0 Å². The molecule has 13 nitrogen and oxygen atoms in total. The van der Waals surface area contributed by atoms with Gasteiger partial charge in [0.15, 0.2) is 12.2 Å². The third kappa shape index (κ3) is 11.0. The van der Waals surface area contributed by atoms with E-state index in [4.69, 9.17) is 34.6 Å². The lowest BCUT2D eigenvalue weighted by molar-refractivity contribution is -0.165. The highest BCUT2D eigenvalue weighted by molar-refractivity contribution is 5.83. The summed E-state index contributed by atoms with van der Waals surface area (Å²) in [6, 6.07) is 20.5. The van der Waals surface area contributed by atoms with Crippen LogP contribution in [0.1, 0.15) is 76.3 Å². The topological polar surface area (TPSA) is 183 Å². The number of aliphatic hydroxyl groups is 2. The monoisotopic (exact) mass is 726 g/mol. The van der Waals surface area contributed by atoms with Gasteiger partial charge < -0.3 is 44.4 Å². The van der Waals surface area contributed by atoms with E-state index in [1.807, 2.05) is 62.1 Å². The molecule has 1 unspecified atom stereocenters. The van der Waals surface area contributed by atoms with Gasteiger partial charge in [0.05, 0.1) is 12.0 Å². The molecule has 2 aliphatic carbocycles. The zero-order valence-electron chi connectivity index (χ0n) is 30.6. The number of hydrogen-bond acceptors (Lipinski definition) is 10. The Morgan fingerprint density at radius 1 is 0.885 bits per heavy atom. The summed E-state index contributed by atoms with van der Waals surface area (Å²) in [5.74, 6) is -3.27. The van der Waals surface area contributed by atoms with E-state index >= 15 is 0 Å². The molecule has 5 rings (SSSR count). The van der Waals surface area contributed by atoms with Crippen molar-refractivity contribution in [2.45, 2.75) is 95.7 Å². The minimum absolute atomic E-state index is 0.0666. The molecule has 1 heterocycles. The van der Waals surface area contributed by atoms with Gasteiger partial charge >= 0.3 is 24.0 Å². The largest absolute Gasteiger partial charge is 0.479 e. The van der Waals surface area contributed by atoms with E-state index in [0.29, 0.717) is 25.7 Å². The van der Waals surface area contributed by atoms with Gasteiger partial charge in [-0.3, -0.25) is 4.79 Å². The quantitative estimate of drug-likeness (QED) is 0.203. The van der Waals surface area contributed by atoms with Crippen LogP contribution in [-0.4, -0.2) is 118 Å². The maximum Gasteiger partial charge on any atom is 0.410 e. The van der Waals surface area contributed by atoms with Crippen LogP contribution in [0.15, 0.2) is 60.7 Å². The normalized spacial score (nSPS) is 21.6. The molecule has 2 aromatic rings. The van der Waals surface area contributed by atoms with E-state index in [9.17, 15) is 19.2 Å². The fraction of sp³-hybridized carbons (Fsp3) is 0.590. The van der Waals surface area contributed by atoms with Crippen LogP contribution in [0.5, 0.6) is 0 Å². The van der Waals surface area contributed by atoms with E-state index < -0.39 is 35.2 Å². The van der Waals surface area contributed by atoms with Gasteiger partial charge in [0.2, 0.25) is 0 Å². The van der Waals surface area contributed by atoms with Crippen LogP contribution in [-0.2, 0) is 35.2 Å². The molecule has 13 heteroatoms. The predicted molar refractivity (Wildman–Crippen MR) is 190 cm³/mol. The lowest BCUT2D eigenvalue weighted by Gasteiger charge is -2.48. The van der Waals surface area contributed by atoms with Gasteiger partial charge in [-0.05, 0) is 77.1 Å². The summed E-state index contributed by atoms with van der Waals surface area (Å²) in [4.78, 5) is 50.8. The predicted octanol–water partition coefficient (Wildman–Crippen LogP) is 4.30.